The Bertz CT molecular complexity index is 507. The van der Waals surface area contributed by atoms with Gasteiger partial charge >= 0.3 is 0 Å². The van der Waals surface area contributed by atoms with Crippen LogP contribution in [0, 0.1) is 0 Å². The standard InChI is InChI=1S/C14H15NOS/c16-14-5-1-3-11-6-7-15(10-13(11)14)9-12-4-2-8-17-12/h1-5,8,16H,6-7,9-10H2. The molecule has 0 saturated heterocycles. The van der Waals surface area contributed by atoms with Crippen LogP contribution in [0.1, 0.15) is 16.0 Å². The average Bonchev–Trinajstić information content (AvgIpc) is 2.83. The van der Waals surface area contributed by atoms with E-state index in [0.29, 0.717) is 5.75 Å². The van der Waals surface area contributed by atoms with E-state index in [2.05, 4.69) is 28.5 Å². The van der Waals surface area contributed by atoms with Crippen molar-refractivity contribution in [1.29, 1.82) is 0 Å². The summed E-state index contributed by atoms with van der Waals surface area (Å²) in [5.74, 6) is 0.443. The monoisotopic (exact) mass is 245 g/mol. The fraction of sp³-hybridized carbons (Fsp3) is 0.286. The van der Waals surface area contributed by atoms with Crippen LogP contribution in [0.5, 0.6) is 5.75 Å². The second-order valence-electron chi connectivity index (χ2n) is 4.45. The zero-order chi connectivity index (χ0) is 11.7. The molecule has 1 aliphatic heterocycles. The van der Waals surface area contributed by atoms with Crippen LogP contribution in [-0.4, -0.2) is 16.6 Å². The van der Waals surface area contributed by atoms with E-state index in [1.807, 2.05) is 6.07 Å². The topological polar surface area (TPSA) is 23.5 Å². The van der Waals surface area contributed by atoms with Crippen LogP contribution >= 0.6 is 11.3 Å². The van der Waals surface area contributed by atoms with E-state index in [9.17, 15) is 5.11 Å². The van der Waals surface area contributed by atoms with Crippen LogP contribution in [0.25, 0.3) is 0 Å². The van der Waals surface area contributed by atoms with Crippen molar-refractivity contribution in [2.24, 2.45) is 0 Å². The summed E-state index contributed by atoms with van der Waals surface area (Å²) >= 11 is 1.80. The zero-order valence-corrected chi connectivity index (χ0v) is 10.4. The first-order valence-corrected chi connectivity index (χ1v) is 6.75. The van der Waals surface area contributed by atoms with Crippen LogP contribution in [0.3, 0.4) is 0 Å². The lowest BCUT2D eigenvalue weighted by atomic mass is 9.99. The van der Waals surface area contributed by atoms with Crippen LogP contribution < -0.4 is 0 Å². The molecule has 0 radical (unpaired) electrons. The molecule has 3 heteroatoms. The molecule has 1 aromatic heterocycles. The van der Waals surface area contributed by atoms with Crippen LogP contribution in [-0.2, 0) is 19.5 Å². The maximum atomic E-state index is 9.88. The quantitative estimate of drug-likeness (QED) is 0.879. The summed E-state index contributed by atoms with van der Waals surface area (Å²) in [7, 11) is 0. The number of phenols is 1. The fourth-order valence-electron chi connectivity index (χ4n) is 2.38. The number of hydrogen-bond acceptors (Lipinski definition) is 3. The third-order valence-corrected chi connectivity index (χ3v) is 4.15. The fourth-order valence-corrected chi connectivity index (χ4v) is 3.12. The van der Waals surface area contributed by atoms with Gasteiger partial charge in [0.15, 0.2) is 0 Å². The second kappa shape index (κ2) is 4.51. The molecule has 0 saturated carbocycles. The normalized spacial score (nSPS) is 15.8. The molecule has 2 heterocycles. The Morgan fingerprint density at radius 3 is 3.00 bits per heavy atom. The van der Waals surface area contributed by atoms with E-state index >= 15 is 0 Å². The molecule has 2 nitrogen and oxygen atoms in total. The Kier molecular flexibility index (Phi) is 2.87. The molecule has 0 fully saturated rings. The van der Waals surface area contributed by atoms with Gasteiger partial charge in [-0.25, -0.2) is 0 Å². The van der Waals surface area contributed by atoms with Crippen molar-refractivity contribution in [3.8, 4) is 5.75 Å². The number of thiophene rings is 1. The van der Waals surface area contributed by atoms with Gasteiger partial charge in [-0.05, 0) is 29.5 Å². The van der Waals surface area contributed by atoms with Gasteiger partial charge in [-0.2, -0.15) is 0 Å². The van der Waals surface area contributed by atoms with Crippen LogP contribution in [0.15, 0.2) is 35.7 Å². The van der Waals surface area contributed by atoms with Gasteiger partial charge in [0.1, 0.15) is 5.75 Å². The molecule has 17 heavy (non-hydrogen) atoms. The minimum Gasteiger partial charge on any atom is -0.508 e. The van der Waals surface area contributed by atoms with Gasteiger partial charge in [0.05, 0.1) is 0 Å². The number of rotatable bonds is 2. The minimum absolute atomic E-state index is 0.443. The number of benzene rings is 1. The molecular formula is C14H15NOS. The minimum atomic E-state index is 0.443. The van der Waals surface area contributed by atoms with Gasteiger partial charge < -0.3 is 5.11 Å². The summed E-state index contributed by atoms with van der Waals surface area (Å²) in [4.78, 5) is 3.79. The van der Waals surface area contributed by atoms with Gasteiger partial charge in [0.2, 0.25) is 0 Å². The highest BCUT2D eigenvalue weighted by atomic mass is 32.1. The largest absolute Gasteiger partial charge is 0.508 e. The molecule has 0 aliphatic carbocycles. The summed E-state index contributed by atoms with van der Waals surface area (Å²) in [5, 5.41) is 12.0. The highest BCUT2D eigenvalue weighted by molar-refractivity contribution is 7.09. The van der Waals surface area contributed by atoms with Crippen molar-refractivity contribution in [2.45, 2.75) is 19.5 Å². The van der Waals surface area contributed by atoms with Crippen molar-refractivity contribution in [3.05, 3.63) is 51.7 Å². The summed E-state index contributed by atoms with van der Waals surface area (Å²) in [5.41, 5.74) is 2.41. The molecule has 2 aromatic rings. The van der Waals surface area contributed by atoms with Gasteiger partial charge in [0.25, 0.3) is 0 Å². The number of fused-ring (bicyclic) bond motifs is 1. The maximum Gasteiger partial charge on any atom is 0.120 e. The number of hydrogen-bond donors (Lipinski definition) is 1. The number of aromatic hydroxyl groups is 1. The lowest BCUT2D eigenvalue weighted by Crippen LogP contribution is -2.29. The number of nitrogens with zero attached hydrogens (tertiary/aromatic N) is 1. The van der Waals surface area contributed by atoms with Gasteiger partial charge in [-0.1, -0.05) is 18.2 Å². The van der Waals surface area contributed by atoms with Crippen LogP contribution in [0.2, 0.25) is 0 Å². The third kappa shape index (κ3) is 2.21. The van der Waals surface area contributed by atoms with Crippen LogP contribution in [0.4, 0.5) is 0 Å². The molecular weight excluding hydrogens is 230 g/mol. The van der Waals surface area contributed by atoms with Crippen molar-refractivity contribution >= 4 is 11.3 Å². The van der Waals surface area contributed by atoms with Crippen molar-refractivity contribution in [1.82, 2.24) is 4.90 Å². The van der Waals surface area contributed by atoms with Crippen molar-refractivity contribution in [3.63, 3.8) is 0 Å². The summed E-state index contributed by atoms with van der Waals surface area (Å²) in [6.45, 7) is 2.93. The SMILES string of the molecule is Oc1cccc2c1CN(Cc1cccs1)CC2. The molecule has 0 unspecified atom stereocenters. The van der Waals surface area contributed by atoms with Gasteiger partial charge in [-0.15, -0.1) is 11.3 Å². The first-order chi connectivity index (χ1) is 8.33. The number of phenolic OH excluding ortho intramolecular Hbond substituents is 1. The summed E-state index contributed by atoms with van der Waals surface area (Å²) in [6.07, 6.45) is 1.04. The molecule has 0 spiro atoms. The van der Waals surface area contributed by atoms with E-state index < -0.39 is 0 Å². The molecule has 0 atom stereocenters. The summed E-state index contributed by atoms with van der Waals surface area (Å²) < 4.78 is 0. The Morgan fingerprint density at radius 2 is 2.18 bits per heavy atom. The van der Waals surface area contributed by atoms with Crippen molar-refractivity contribution < 1.29 is 5.11 Å². The molecule has 1 N–H and O–H groups in total. The third-order valence-electron chi connectivity index (χ3n) is 3.29. The first-order valence-electron chi connectivity index (χ1n) is 5.87. The smallest absolute Gasteiger partial charge is 0.120 e. The predicted molar refractivity (Wildman–Crippen MR) is 70.2 cm³/mol. The summed E-state index contributed by atoms with van der Waals surface area (Å²) in [6, 6.07) is 10.1. The molecule has 0 bridgehead atoms. The average molecular weight is 245 g/mol. The van der Waals surface area contributed by atoms with Gasteiger partial charge in [0, 0.05) is 30.1 Å². The maximum absolute atomic E-state index is 9.88. The zero-order valence-electron chi connectivity index (χ0n) is 9.60. The molecule has 0 amide bonds. The molecule has 1 aliphatic rings. The van der Waals surface area contributed by atoms with E-state index in [1.165, 1.54) is 10.4 Å². The Balaban J connectivity index is 1.78. The molecule has 88 valence electrons. The van der Waals surface area contributed by atoms with Crippen molar-refractivity contribution in [2.75, 3.05) is 6.54 Å². The molecule has 1 aromatic carbocycles. The lowest BCUT2D eigenvalue weighted by Gasteiger charge is -2.28. The highest BCUT2D eigenvalue weighted by Gasteiger charge is 2.18. The Hall–Kier alpha value is -1.32. The van der Waals surface area contributed by atoms with Gasteiger partial charge in [-0.3, -0.25) is 4.90 Å². The van der Waals surface area contributed by atoms with E-state index in [-0.39, 0.29) is 0 Å². The second-order valence-corrected chi connectivity index (χ2v) is 5.49. The van der Waals surface area contributed by atoms with E-state index in [0.717, 1.165) is 31.6 Å². The van der Waals surface area contributed by atoms with E-state index in [4.69, 9.17) is 0 Å². The highest BCUT2D eigenvalue weighted by Crippen LogP contribution is 2.28. The first kappa shape index (κ1) is 10.8. The Morgan fingerprint density at radius 1 is 1.24 bits per heavy atom. The van der Waals surface area contributed by atoms with E-state index in [1.54, 1.807) is 17.4 Å². The predicted octanol–water partition coefficient (Wildman–Crippen LogP) is 3.01. The molecule has 3 rings (SSSR count). The lowest BCUT2D eigenvalue weighted by molar-refractivity contribution is 0.243. The Labute approximate surface area is 105 Å².